The van der Waals surface area contributed by atoms with Crippen molar-refractivity contribution in [3.63, 3.8) is 0 Å². The number of benzene rings is 2. The molecular formula is C24H29N7O4. The van der Waals surface area contributed by atoms with Crippen LogP contribution >= 0.6 is 0 Å². The lowest BCUT2D eigenvalue weighted by Crippen LogP contribution is -2.34. The number of aromatic nitrogens is 5. The van der Waals surface area contributed by atoms with Crippen LogP contribution in [0.2, 0.25) is 0 Å². The summed E-state index contributed by atoms with van der Waals surface area (Å²) in [6.45, 7) is 4.68. The topological polar surface area (TPSA) is 128 Å². The molecule has 0 aliphatic carbocycles. The van der Waals surface area contributed by atoms with E-state index in [0.717, 1.165) is 22.2 Å². The molecule has 2 aromatic heterocycles. The summed E-state index contributed by atoms with van der Waals surface area (Å²) in [5.41, 5.74) is 2.55. The number of hydrogen-bond donors (Lipinski definition) is 3. The summed E-state index contributed by atoms with van der Waals surface area (Å²) in [5, 5.41) is 18.8. The number of rotatable bonds is 11. The van der Waals surface area contributed by atoms with Crippen LogP contribution in [-0.2, 0) is 16.1 Å². The number of nitrogens with one attached hydrogen (secondary N) is 3. The van der Waals surface area contributed by atoms with E-state index in [1.807, 2.05) is 38.1 Å². The maximum absolute atomic E-state index is 11.9. The molecule has 1 amide bonds. The predicted molar refractivity (Wildman–Crippen MR) is 132 cm³/mol. The number of carbonyl (C=O) groups excluding carboxylic acids is 1. The summed E-state index contributed by atoms with van der Waals surface area (Å²) < 4.78 is 18.1. The van der Waals surface area contributed by atoms with Crippen LogP contribution in [-0.4, -0.2) is 64.3 Å². The lowest BCUT2D eigenvalue weighted by atomic mass is 10.2. The fraction of sp³-hybridized carbons (Fsp3) is 0.333. The van der Waals surface area contributed by atoms with Crippen LogP contribution in [0.1, 0.15) is 13.8 Å². The normalized spacial score (nSPS) is 11.1. The maximum Gasteiger partial charge on any atom is 0.258 e. The molecule has 0 spiro atoms. The Morgan fingerprint density at radius 2 is 2.00 bits per heavy atom. The highest BCUT2D eigenvalue weighted by Gasteiger charge is 2.16. The van der Waals surface area contributed by atoms with Gasteiger partial charge >= 0.3 is 0 Å². The highest BCUT2D eigenvalue weighted by molar-refractivity contribution is 5.82. The highest BCUT2D eigenvalue weighted by atomic mass is 16.5. The van der Waals surface area contributed by atoms with Crippen molar-refractivity contribution in [1.82, 2.24) is 30.3 Å². The first-order chi connectivity index (χ1) is 17.0. The average Bonchev–Trinajstić information content (AvgIpc) is 3.47. The Balaban J connectivity index is 1.57. The standard InChI is InChI=1S/C24H29N7O4/c1-15(2)26-22(32)14-35-20-8-5-16(12-21(20)34-4)23-28-24(31(30-23)9-10-33-3)27-18-6-7-19-17(11-18)13-25-29-19/h5-8,11-13,15H,9-10,14H2,1-4H3,(H,25,29)(H,26,32)(H,27,28,30). The van der Waals surface area contributed by atoms with E-state index in [0.29, 0.717) is 36.4 Å². The maximum atomic E-state index is 11.9. The third kappa shape index (κ3) is 5.87. The molecule has 0 radical (unpaired) electrons. The van der Waals surface area contributed by atoms with Crippen molar-refractivity contribution in [2.75, 3.05) is 32.8 Å². The van der Waals surface area contributed by atoms with E-state index in [1.54, 1.807) is 37.2 Å². The summed E-state index contributed by atoms with van der Waals surface area (Å²) in [7, 11) is 3.19. The zero-order valence-corrected chi connectivity index (χ0v) is 20.2. The van der Waals surface area contributed by atoms with Gasteiger partial charge < -0.3 is 24.8 Å². The van der Waals surface area contributed by atoms with E-state index < -0.39 is 0 Å². The van der Waals surface area contributed by atoms with Crippen LogP contribution in [0.15, 0.2) is 42.6 Å². The minimum absolute atomic E-state index is 0.0408. The third-order valence-electron chi connectivity index (χ3n) is 5.11. The molecule has 2 heterocycles. The first kappa shape index (κ1) is 24.0. The fourth-order valence-corrected chi connectivity index (χ4v) is 3.47. The molecule has 0 aliphatic heterocycles. The van der Waals surface area contributed by atoms with Gasteiger partial charge in [-0.2, -0.15) is 10.1 Å². The van der Waals surface area contributed by atoms with Gasteiger partial charge in [0.25, 0.3) is 5.91 Å². The van der Waals surface area contributed by atoms with Crippen LogP contribution in [0.4, 0.5) is 11.6 Å². The minimum Gasteiger partial charge on any atom is -0.493 e. The molecule has 0 fully saturated rings. The highest BCUT2D eigenvalue weighted by Crippen LogP contribution is 2.32. The zero-order chi connectivity index (χ0) is 24.8. The molecule has 0 bridgehead atoms. The number of nitrogens with zero attached hydrogens (tertiary/aromatic N) is 4. The lowest BCUT2D eigenvalue weighted by molar-refractivity contribution is -0.123. The smallest absolute Gasteiger partial charge is 0.258 e. The van der Waals surface area contributed by atoms with E-state index in [9.17, 15) is 4.79 Å². The number of H-pyrrole nitrogens is 1. The summed E-state index contributed by atoms with van der Waals surface area (Å²) in [5.74, 6) is 1.82. The molecule has 4 aromatic rings. The Hall–Kier alpha value is -4.12. The fourth-order valence-electron chi connectivity index (χ4n) is 3.47. The average molecular weight is 480 g/mol. The Morgan fingerprint density at radius 3 is 2.77 bits per heavy atom. The number of carbonyl (C=O) groups is 1. The van der Waals surface area contributed by atoms with Crippen molar-refractivity contribution >= 4 is 28.4 Å². The van der Waals surface area contributed by atoms with Crippen molar-refractivity contribution in [3.8, 4) is 22.9 Å². The van der Waals surface area contributed by atoms with Crippen LogP contribution in [0.3, 0.4) is 0 Å². The molecule has 0 saturated carbocycles. The Labute approximate surface area is 202 Å². The molecule has 3 N–H and O–H groups in total. The molecule has 0 atom stereocenters. The van der Waals surface area contributed by atoms with Gasteiger partial charge in [-0.25, -0.2) is 4.68 Å². The number of anilines is 2. The molecule has 0 unspecified atom stereocenters. The van der Waals surface area contributed by atoms with Crippen molar-refractivity contribution in [3.05, 3.63) is 42.6 Å². The predicted octanol–water partition coefficient (Wildman–Crippen LogP) is 3.12. The van der Waals surface area contributed by atoms with Crippen LogP contribution in [0.5, 0.6) is 11.5 Å². The monoisotopic (exact) mass is 479 g/mol. The quantitative estimate of drug-likeness (QED) is 0.299. The SMILES string of the molecule is COCCn1nc(-c2ccc(OCC(=O)NC(C)C)c(OC)c2)nc1Nc1ccc2[nH]ncc2c1. The van der Waals surface area contributed by atoms with E-state index in [2.05, 4.69) is 25.9 Å². The molecular weight excluding hydrogens is 450 g/mol. The minimum atomic E-state index is -0.200. The van der Waals surface area contributed by atoms with Crippen LogP contribution in [0.25, 0.3) is 22.3 Å². The Morgan fingerprint density at radius 1 is 1.14 bits per heavy atom. The van der Waals surface area contributed by atoms with E-state index in [1.165, 1.54) is 0 Å². The van der Waals surface area contributed by atoms with Gasteiger partial charge in [-0.1, -0.05) is 0 Å². The molecule has 11 nitrogen and oxygen atoms in total. The van der Waals surface area contributed by atoms with E-state index in [4.69, 9.17) is 19.2 Å². The number of fused-ring (bicyclic) bond motifs is 1. The number of aromatic amines is 1. The van der Waals surface area contributed by atoms with Crippen molar-refractivity contribution in [1.29, 1.82) is 0 Å². The van der Waals surface area contributed by atoms with Gasteiger partial charge in [-0.15, -0.1) is 5.10 Å². The number of amides is 1. The summed E-state index contributed by atoms with van der Waals surface area (Å²) in [4.78, 5) is 16.6. The summed E-state index contributed by atoms with van der Waals surface area (Å²) >= 11 is 0. The third-order valence-corrected chi connectivity index (χ3v) is 5.11. The molecule has 35 heavy (non-hydrogen) atoms. The molecule has 2 aromatic carbocycles. The van der Waals surface area contributed by atoms with Gasteiger partial charge in [0.15, 0.2) is 23.9 Å². The van der Waals surface area contributed by atoms with E-state index >= 15 is 0 Å². The Kier molecular flexibility index (Phi) is 7.46. The largest absolute Gasteiger partial charge is 0.493 e. The van der Waals surface area contributed by atoms with Crippen molar-refractivity contribution in [2.24, 2.45) is 0 Å². The lowest BCUT2D eigenvalue weighted by Gasteiger charge is -2.12. The molecule has 11 heteroatoms. The summed E-state index contributed by atoms with van der Waals surface area (Å²) in [6, 6.07) is 11.3. The molecule has 0 saturated heterocycles. The van der Waals surface area contributed by atoms with Gasteiger partial charge in [-0.05, 0) is 50.2 Å². The van der Waals surface area contributed by atoms with Gasteiger partial charge in [0.2, 0.25) is 5.95 Å². The van der Waals surface area contributed by atoms with Crippen LogP contribution < -0.4 is 20.1 Å². The van der Waals surface area contributed by atoms with Gasteiger partial charge in [-0.3, -0.25) is 9.89 Å². The molecule has 184 valence electrons. The molecule has 0 aliphatic rings. The van der Waals surface area contributed by atoms with Gasteiger partial charge in [0, 0.05) is 29.8 Å². The van der Waals surface area contributed by atoms with E-state index in [-0.39, 0.29) is 18.6 Å². The number of hydrogen-bond acceptors (Lipinski definition) is 8. The van der Waals surface area contributed by atoms with Crippen molar-refractivity contribution in [2.45, 2.75) is 26.4 Å². The second-order valence-corrected chi connectivity index (χ2v) is 8.15. The summed E-state index contributed by atoms with van der Waals surface area (Å²) in [6.07, 6.45) is 1.77. The number of methoxy groups -OCH3 is 2. The van der Waals surface area contributed by atoms with Gasteiger partial charge in [0.05, 0.1) is 32.0 Å². The first-order valence-electron chi connectivity index (χ1n) is 11.2. The second kappa shape index (κ2) is 10.9. The molecule has 4 rings (SSSR count). The second-order valence-electron chi connectivity index (χ2n) is 8.15. The Bertz CT molecular complexity index is 1300. The van der Waals surface area contributed by atoms with Crippen LogP contribution in [0, 0.1) is 0 Å². The zero-order valence-electron chi connectivity index (χ0n) is 20.2. The number of ether oxygens (including phenoxy) is 3. The van der Waals surface area contributed by atoms with Crippen molar-refractivity contribution < 1.29 is 19.0 Å². The first-order valence-corrected chi connectivity index (χ1v) is 11.2. The van der Waals surface area contributed by atoms with Gasteiger partial charge in [0.1, 0.15) is 0 Å².